The summed E-state index contributed by atoms with van der Waals surface area (Å²) in [5.74, 6) is 0.0800. The number of rotatable bonds is 9. The van der Waals surface area contributed by atoms with Crippen molar-refractivity contribution in [2.24, 2.45) is 0 Å². The first-order valence-corrected chi connectivity index (χ1v) is 12.5. The molecule has 38 heavy (non-hydrogen) atoms. The number of nitrogens with zero attached hydrogens (tertiary/aromatic N) is 1. The number of methoxy groups -OCH3 is 1. The lowest BCUT2D eigenvalue weighted by molar-refractivity contribution is -0.384. The summed E-state index contributed by atoms with van der Waals surface area (Å²) in [7, 11) is 1.55. The number of nitro groups is 1. The Morgan fingerprint density at radius 2 is 1.63 bits per heavy atom. The highest BCUT2D eigenvalue weighted by Gasteiger charge is 2.23. The zero-order valence-electron chi connectivity index (χ0n) is 20.7. The predicted octanol–water partition coefficient (Wildman–Crippen LogP) is 6.64. The van der Waals surface area contributed by atoms with Gasteiger partial charge in [0.1, 0.15) is 11.0 Å². The van der Waals surface area contributed by atoms with Crippen molar-refractivity contribution in [3.05, 3.63) is 124 Å². The van der Waals surface area contributed by atoms with Crippen molar-refractivity contribution in [1.29, 1.82) is 0 Å². The van der Waals surface area contributed by atoms with Crippen molar-refractivity contribution in [2.75, 3.05) is 17.7 Å². The van der Waals surface area contributed by atoms with Crippen LogP contribution in [0.1, 0.15) is 26.7 Å². The first-order valence-electron chi connectivity index (χ1n) is 11.7. The van der Waals surface area contributed by atoms with Gasteiger partial charge in [-0.05, 0) is 66.6 Å². The minimum absolute atomic E-state index is 0.0342. The summed E-state index contributed by atoms with van der Waals surface area (Å²) in [5, 5.41) is 16.2. The number of carbonyl (C=O) groups excluding carboxylic acids is 2. The third-order valence-corrected chi connectivity index (χ3v) is 6.98. The van der Waals surface area contributed by atoms with Crippen LogP contribution in [0.4, 0.5) is 17.1 Å². The molecule has 0 aliphatic carbocycles. The van der Waals surface area contributed by atoms with Gasteiger partial charge in [0.15, 0.2) is 0 Å². The van der Waals surface area contributed by atoms with E-state index in [1.54, 1.807) is 50.4 Å². The second kappa shape index (κ2) is 12.1. The van der Waals surface area contributed by atoms with E-state index in [-0.39, 0.29) is 17.5 Å². The molecule has 0 fully saturated rings. The first-order chi connectivity index (χ1) is 18.3. The van der Waals surface area contributed by atoms with Crippen LogP contribution in [0, 0.1) is 17.0 Å². The van der Waals surface area contributed by atoms with Gasteiger partial charge >= 0.3 is 0 Å². The molecule has 0 saturated carbocycles. The van der Waals surface area contributed by atoms with Gasteiger partial charge in [0, 0.05) is 34.0 Å². The molecule has 0 saturated heterocycles. The molecule has 8 nitrogen and oxygen atoms in total. The second-order valence-electron chi connectivity index (χ2n) is 8.36. The molecule has 1 atom stereocenters. The minimum Gasteiger partial charge on any atom is -0.497 e. The van der Waals surface area contributed by atoms with Crippen molar-refractivity contribution < 1.29 is 19.2 Å². The minimum atomic E-state index is -0.581. The van der Waals surface area contributed by atoms with E-state index in [0.717, 1.165) is 10.5 Å². The largest absolute Gasteiger partial charge is 0.497 e. The molecule has 0 radical (unpaired) electrons. The number of nitro benzene ring substituents is 1. The molecular weight excluding hydrogens is 502 g/mol. The fourth-order valence-corrected chi connectivity index (χ4v) is 4.75. The van der Waals surface area contributed by atoms with Gasteiger partial charge in [-0.15, -0.1) is 11.8 Å². The summed E-state index contributed by atoms with van der Waals surface area (Å²) in [6.07, 6.45) is 0. The quantitative estimate of drug-likeness (QED) is 0.143. The van der Waals surface area contributed by atoms with Gasteiger partial charge in [0.2, 0.25) is 5.91 Å². The third kappa shape index (κ3) is 6.57. The smallest absolute Gasteiger partial charge is 0.269 e. The molecule has 0 spiro atoms. The highest BCUT2D eigenvalue weighted by atomic mass is 32.2. The summed E-state index contributed by atoms with van der Waals surface area (Å²) >= 11 is 1.36. The maximum absolute atomic E-state index is 13.4. The number of non-ortho nitro benzene ring substituents is 1. The second-order valence-corrected chi connectivity index (χ2v) is 9.54. The first kappa shape index (κ1) is 26.4. The molecule has 0 heterocycles. The standard InChI is InChI=1S/C29H25N3O5S/c1-19-17-23(32(35)36)13-16-26(19)31-29(34)27(20-7-4-3-5-8-20)38-25-14-11-22(12-15-25)30-28(33)21-9-6-10-24(18-21)37-2/h3-18,27H,1-2H3,(H,30,33)(H,31,34). The van der Waals surface area contributed by atoms with E-state index in [2.05, 4.69) is 10.6 Å². The average molecular weight is 528 g/mol. The molecule has 0 aromatic heterocycles. The van der Waals surface area contributed by atoms with E-state index in [1.807, 2.05) is 42.5 Å². The van der Waals surface area contributed by atoms with Crippen LogP contribution in [0.2, 0.25) is 0 Å². The van der Waals surface area contributed by atoms with E-state index in [1.165, 1.54) is 30.0 Å². The van der Waals surface area contributed by atoms with E-state index in [4.69, 9.17) is 4.74 Å². The van der Waals surface area contributed by atoms with Crippen LogP contribution >= 0.6 is 11.8 Å². The number of hydrogen-bond donors (Lipinski definition) is 2. The highest BCUT2D eigenvalue weighted by Crippen LogP contribution is 2.37. The predicted molar refractivity (Wildman–Crippen MR) is 149 cm³/mol. The summed E-state index contributed by atoms with van der Waals surface area (Å²) in [6.45, 7) is 1.71. The number of carbonyl (C=O) groups is 2. The van der Waals surface area contributed by atoms with Crippen LogP contribution in [0.25, 0.3) is 0 Å². The monoisotopic (exact) mass is 527 g/mol. The van der Waals surface area contributed by atoms with Crippen LogP contribution in [0.3, 0.4) is 0 Å². The maximum atomic E-state index is 13.4. The molecule has 4 aromatic carbocycles. The number of hydrogen-bond acceptors (Lipinski definition) is 6. The van der Waals surface area contributed by atoms with Gasteiger partial charge < -0.3 is 15.4 Å². The van der Waals surface area contributed by atoms with Crippen molar-refractivity contribution in [3.8, 4) is 5.75 Å². The third-order valence-electron chi connectivity index (χ3n) is 5.72. The summed E-state index contributed by atoms with van der Waals surface area (Å²) < 4.78 is 5.18. The number of amides is 2. The molecule has 9 heteroatoms. The van der Waals surface area contributed by atoms with E-state index in [0.29, 0.717) is 28.3 Å². The lowest BCUT2D eigenvalue weighted by Gasteiger charge is -2.18. The Hall–Kier alpha value is -4.63. The Bertz CT molecular complexity index is 1460. The van der Waals surface area contributed by atoms with Gasteiger partial charge in [-0.25, -0.2) is 0 Å². The summed E-state index contributed by atoms with van der Waals surface area (Å²) in [5.41, 5.74) is 2.98. The topological polar surface area (TPSA) is 111 Å². The van der Waals surface area contributed by atoms with Gasteiger partial charge in [-0.1, -0.05) is 36.4 Å². The molecule has 2 amide bonds. The van der Waals surface area contributed by atoms with Gasteiger partial charge in [0.05, 0.1) is 12.0 Å². The van der Waals surface area contributed by atoms with Crippen molar-refractivity contribution in [1.82, 2.24) is 0 Å². The van der Waals surface area contributed by atoms with Crippen LogP contribution < -0.4 is 15.4 Å². The normalized spacial score (nSPS) is 11.3. The van der Waals surface area contributed by atoms with Crippen molar-refractivity contribution in [3.63, 3.8) is 0 Å². The van der Waals surface area contributed by atoms with Crippen LogP contribution in [0.5, 0.6) is 5.75 Å². The number of thioether (sulfide) groups is 1. The Morgan fingerprint density at radius 1 is 0.895 bits per heavy atom. The summed E-state index contributed by atoms with van der Waals surface area (Å²) in [6, 6.07) is 27.8. The van der Waals surface area contributed by atoms with E-state index < -0.39 is 10.2 Å². The molecule has 4 aromatic rings. The van der Waals surface area contributed by atoms with Crippen LogP contribution in [-0.4, -0.2) is 23.8 Å². The number of aryl methyl sites for hydroxylation is 1. The molecule has 192 valence electrons. The lowest BCUT2D eigenvalue weighted by Crippen LogP contribution is -2.19. The van der Waals surface area contributed by atoms with Crippen molar-refractivity contribution >= 4 is 40.6 Å². The van der Waals surface area contributed by atoms with Gasteiger partial charge in [0.25, 0.3) is 11.6 Å². The molecular formula is C29H25N3O5S. The van der Waals surface area contributed by atoms with Crippen LogP contribution in [0.15, 0.2) is 102 Å². The van der Waals surface area contributed by atoms with Gasteiger partial charge in [-0.2, -0.15) is 0 Å². The molecule has 2 N–H and O–H groups in total. The number of anilines is 2. The fourth-order valence-electron chi connectivity index (χ4n) is 3.72. The Kier molecular flexibility index (Phi) is 8.40. The highest BCUT2D eigenvalue weighted by molar-refractivity contribution is 8.00. The average Bonchev–Trinajstić information content (AvgIpc) is 2.94. The lowest BCUT2D eigenvalue weighted by atomic mass is 10.1. The molecule has 0 aliphatic heterocycles. The Balaban J connectivity index is 1.49. The SMILES string of the molecule is COc1cccc(C(=O)Nc2ccc(SC(C(=O)Nc3ccc([N+](=O)[O-])cc3C)c3ccccc3)cc2)c1. The van der Waals surface area contributed by atoms with E-state index >= 15 is 0 Å². The zero-order valence-corrected chi connectivity index (χ0v) is 21.5. The molecule has 0 aliphatic rings. The van der Waals surface area contributed by atoms with E-state index in [9.17, 15) is 19.7 Å². The van der Waals surface area contributed by atoms with Crippen molar-refractivity contribution in [2.45, 2.75) is 17.1 Å². The summed E-state index contributed by atoms with van der Waals surface area (Å²) in [4.78, 5) is 37.4. The Labute approximate surface area is 224 Å². The molecule has 0 bridgehead atoms. The Morgan fingerprint density at radius 3 is 2.29 bits per heavy atom. The fraction of sp³-hybridized carbons (Fsp3) is 0.103. The molecule has 1 unspecified atom stereocenters. The van der Waals surface area contributed by atoms with Crippen LogP contribution in [-0.2, 0) is 4.79 Å². The molecule has 4 rings (SSSR count). The van der Waals surface area contributed by atoms with Gasteiger partial charge in [-0.3, -0.25) is 19.7 Å². The number of nitrogens with one attached hydrogen (secondary N) is 2. The maximum Gasteiger partial charge on any atom is 0.269 e. The zero-order chi connectivity index (χ0) is 27.1. The number of benzene rings is 4. The number of ether oxygens (including phenoxy) is 1.